The normalized spacial score (nSPS) is 16.5. The van der Waals surface area contributed by atoms with E-state index in [2.05, 4.69) is 17.1 Å². The molecule has 1 saturated carbocycles. The summed E-state index contributed by atoms with van der Waals surface area (Å²) in [5, 5.41) is 0. The molecular weight excluding hydrogens is 390 g/mol. The average molecular weight is 415 g/mol. The first-order chi connectivity index (χ1) is 15.1. The SMILES string of the molecule is COc1ccccc1CC(=O)N1CCc2nc(C3(c4ccccc4)CC3)[nH]c(=O)c2C1. The third kappa shape index (κ3) is 3.52. The number of fused-ring (bicyclic) bond motifs is 1. The van der Waals surface area contributed by atoms with Crippen LogP contribution in [0.15, 0.2) is 59.4 Å². The third-order valence-electron chi connectivity index (χ3n) is 6.49. The molecule has 1 fully saturated rings. The van der Waals surface area contributed by atoms with E-state index in [1.807, 2.05) is 42.5 Å². The molecule has 1 aliphatic carbocycles. The zero-order chi connectivity index (χ0) is 21.4. The number of nitrogens with one attached hydrogen (secondary N) is 1. The van der Waals surface area contributed by atoms with Crippen LogP contribution in [0.2, 0.25) is 0 Å². The maximum absolute atomic E-state index is 13.0. The zero-order valence-corrected chi connectivity index (χ0v) is 17.6. The van der Waals surface area contributed by atoms with Crippen molar-refractivity contribution in [3.8, 4) is 5.75 Å². The number of amides is 1. The first kappa shape index (κ1) is 19.5. The van der Waals surface area contributed by atoms with E-state index in [-0.39, 0.29) is 23.3 Å². The minimum atomic E-state index is -0.174. The van der Waals surface area contributed by atoms with Gasteiger partial charge in [0.2, 0.25) is 5.91 Å². The molecule has 0 unspecified atom stereocenters. The summed E-state index contributed by atoms with van der Waals surface area (Å²) < 4.78 is 5.36. The number of rotatable bonds is 5. The number of hydrogen-bond acceptors (Lipinski definition) is 4. The lowest BCUT2D eigenvalue weighted by molar-refractivity contribution is -0.131. The Labute approximate surface area is 180 Å². The number of methoxy groups -OCH3 is 1. The molecule has 2 aliphatic rings. The Kier molecular flexibility index (Phi) is 4.85. The Morgan fingerprint density at radius 1 is 1.13 bits per heavy atom. The molecule has 1 aromatic heterocycles. The third-order valence-corrected chi connectivity index (χ3v) is 6.49. The van der Waals surface area contributed by atoms with Crippen LogP contribution in [0.4, 0.5) is 0 Å². The fraction of sp³-hybridized carbons (Fsp3) is 0.320. The summed E-state index contributed by atoms with van der Waals surface area (Å²) in [4.78, 5) is 35.5. The van der Waals surface area contributed by atoms with Crippen LogP contribution in [0, 0.1) is 0 Å². The summed E-state index contributed by atoms with van der Waals surface area (Å²) in [7, 11) is 1.60. The Morgan fingerprint density at radius 3 is 2.61 bits per heavy atom. The first-order valence-electron chi connectivity index (χ1n) is 10.7. The molecule has 0 spiro atoms. The van der Waals surface area contributed by atoms with Crippen molar-refractivity contribution in [3.63, 3.8) is 0 Å². The van der Waals surface area contributed by atoms with E-state index in [0.29, 0.717) is 30.8 Å². The maximum Gasteiger partial charge on any atom is 0.256 e. The Balaban J connectivity index is 1.38. The maximum atomic E-state index is 13.0. The van der Waals surface area contributed by atoms with Crippen molar-refractivity contribution in [3.05, 3.63) is 93.2 Å². The van der Waals surface area contributed by atoms with Crippen LogP contribution in [0.5, 0.6) is 5.75 Å². The number of hydrogen-bond donors (Lipinski definition) is 1. The molecule has 1 amide bonds. The minimum absolute atomic E-state index is 0.0124. The monoisotopic (exact) mass is 415 g/mol. The van der Waals surface area contributed by atoms with Gasteiger partial charge < -0.3 is 14.6 Å². The molecule has 0 bridgehead atoms. The predicted octanol–water partition coefficient (Wildman–Crippen LogP) is 2.99. The van der Waals surface area contributed by atoms with Crippen LogP contribution in [-0.4, -0.2) is 34.4 Å². The summed E-state index contributed by atoms with van der Waals surface area (Å²) in [6, 6.07) is 17.8. The smallest absolute Gasteiger partial charge is 0.256 e. The first-order valence-corrected chi connectivity index (χ1v) is 10.7. The van der Waals surface area contributed by atoms with Gasteiger partial charge in [0.05, 0.1) is 36.7 Å². The van der Waals surface area contributed by atoms with E-state index in [9.17, 15) is 9.59 Å². The highest BCUT2D eigenvalue weighted by atomic mass is 16.5. The van der Waals surface area contributed by atoms with Crippen LogP contribution >= 0.6 is 0 Å². The average Bonchev–Trinajstić information content (AvgIpc) is 3.62. The van der Waals surface area contributed by atoms with Gasteiger partial charge in [0.25, 0.3) is 5.56 Å². The standard InChI is InChI=1S/C25H25N3O3/c1-31-21-10-6-5-7-17(21)15-22(29)28-14-11-20-19(16-28)23(30)27-24(26-20)25(12-13-25)18-8-3-2-4-9-18/h2-10H,11-16H2,1H3,(H,26,27,30). The highest BCUT2D eigenvalue weighted by molar-refractivity contribution is 5.79. The number of carbonyl (C=O) groups excluding carboxylic acids is 1. The highest BCUT2D eigenvalue weighted by Gasteiger charge is 2.48. The summed E-state index contributed by atoms with van der Waals surface area (Å²) in [6.45, 7) is 0.861. The van der Waals surface area contributed by atoms with Crippen LogP contribution < -0.4 is 10.3 Å². The van der Waals surface area contributed by atoms with Gasteiger partial charge in [-0.15, -0.1) is 0 Å². The zero-order valence-electron chi connectivity index (χ0n) is 17.6. The number of para-hydroxylation sites is 1. The molecule has 6 nitrogen and oxygen atoms in total. The number of benzene rings is 2. The number of aromatic amines is 1. The Morgan fingerprint density at radius 2 is 1.87 bits per heavy atom. The molecule has 0 atom stereocenters. The summed E-state index contributed by atoms with van der Waals surface area (Å²) in [6.07, 6.45) is 2.82. The predicted molar refractivity (Wildman–Crippen MR) is 117 cm³/mol. The molecule has 0 radical (unpaired) electrons. The lowest BCUT2D eigenvalue weighted by Crippen LogP contribution is -2.41. The minimum Gasteiger partial charge on any atom is -0.496 e. The molecule has 1 N–H and O–H groups in total. The number of aromatic nitrogens is 2. The molecule has 31 heavy (non-hydrogen) atoms. The van der Waals surface area contributed by atoms with E-state index in [1.54, 1.807) is 12.0 Å². The van der Waals surface area contributed by atoms with Crippen molar-refractivity contribution >= 4 is 5.91 Å². The van der Waals surface area contributed by atoms with Crippen LogP contribution in [0.25, 0.3) is 0 Å². The van der Waals surface area contributed by atoms with Crippen molar-refractivity contribution in [2.45, 2.75) is 37.6 Å². The summed E-state index contributed by atoms with van der Waals surface area (Å²) in [5.74, 6) is 1.45. The van der Waals surface area contributed by atoms with E-state index < -0.39 is 0 Å². The van der Waals surface area contributed by atoms with E-state index >= 15 is 0 Å². The van der Waals surface area contributed by atoms with Gasteiger partial charge in [-0.25, -0.2) is 4.98 Å². The van der Waals surface area contributed by atoms with Gasteiger partial charge in [0.15, 0.2) is 0 Å². The fourth-order valence-corrected chi connectivity index (χ4v) is 4.53. The highest BCUT2D eigenvalue weighted by Crippen LogP contribution is 2.51. The van der Waals surface area contributed by atoms with Crippen molar-refractivity contribution in [2.24, 2.45) is 0 Å². The Bertz CT molecular complexity index is 1180. The topological polar surface area (TPSA) is 75.3 Å². The molecule has 0 saturated heterocycles. The molecule has 158 valence electrons. The molecule has 2 aromatic carbocycles. The van der Waals surface area contributed by atoms with Crippen LogP contribution in [-0.2, 0) is 29.6 Å². The van der Waals surface area contributed by atoms with Crippen molar-refractivity contribution < 1.29 is 9.53 Å². The molecule has 3 aromatic rings. The lowest BCUT2D eigenvalue weighted by atomic mass is 9.94. The lowest BCUT2D eigenvalue weighted by Gasteiger charge is -2.29. The van der Waals surface area contributed by atoms with Crippen LogP contribution in [0.3, 0.4) is 0 Å². The second kappa shape index (κ2) is 7.69. The van der Waals surface area contributed by atoms with E-state index in [0.717, 1.165) is 29.9 Å². The quantitative estimate of drug-likeness (QED) is 0.695. The fourth-order valence-electron chi connectivity index (χ4n) is 4.53. The molecule has 5 rings (SSSR count). The van der Waals surface area contributed by atoms with Crippen molar-refractivity contribution in [1.82, 2.24) is 14.9 Å². The van der Waals surface area contributed by atoms with Gasteiger partial charge in [-0.2, -0.15) is 0 Å². The van der Waals surface area contributed by atoms with Crippen molar-refractivity contribution in [1.29, 1.82) is 0 Å². The van der Waals surface area contributed by atoms with E-state index in [1.165, 1.54) is 5.56 Å². The van der Waals surface area contributed by atoms with Crippen LogP contribution in [0.1, 0.15) is 41.1 Å². The molecular formula is C25H25N3O3. The van der Waals surface area contributed by atoms with Gasteiger partial charge in [-0.1, -0.05) is 48.5 Å². The molecule has 6 heteroatoms. The summed E-state index contributed by atoms with van der Waals surface area (Å²) in [5.41, 5.74) is 3.17. The molecule has 2 heterocycles. The van der Waals surface area contributed by atoms with Gasteiger partial charge >= 0.3 is 0 Å². The number of nitrogens with zero attached hydrogens (tertiary/aromatic N) is 2. The number of ether oxygens (including phenoxy) is 1. The second-order valence-corrected chi connectivity index (χ2v) is 8.34. The summed E-state index contributed by atoms with van der Waals surface area (Å²) >= 11 is 0. The second-order valence-electron chi connectivity index (χ2n) is 8.34. The number of carbonyl (C=O) groups is 1. The van der Waals surface area contributed by atoms with Gasteiger partial charge in [0.1, 0.15) is 11.6 Å². The van der Waals surface area contributed by atoms with Gasteiger partial charge in [-0.05, 0) is 24.5 Å². The largest absolute Gasteiger partial charge is 0.496 e. The van der Waals surface area contributed by atoms with Gasteiger partial charge in [-0.3, -0.25) is 9.59 Å². The van der Waals surface area contributed by atoms with Gasteiger partial charge in [0, 0.05) is 18.5 Å². The Hall–Kier alpha value is -3.41. The van der Waals surface area contributed by atoms with Crippen molar-refractivity contribution in [2.75, 3.05) is 13.7 Å². The number of H-pyrrole nitrogens is 1. The van der Waals surface area contributed by atoms with E-state index in [4.69, 9.17) is 9.72 Å². The molecule has 1 aliphatic heterocycles.